The molecule has 0 aliphatic carbocycles. The normalized spacial score (nSPS) is 13.5. The molecule has 2 N–H and O–H groups in total. The maximum Gasteiger partial charge on any atom is 0.416 e. The van der Waals surface area contributed by atoms with Gasteiger partial charge < -0.3 is 10.4 Å². The largest absolute Gasteiger partial charge is 0.416 e. The van der Waals surface area contributed by atoms with Gasteiger partial charge in [0, 0.05) is 6.20 Å². The first-order valence-electron chi connectivity index (χ1n) is 8.93. The number of aromatic nitrogens is 5. The molecule has 3 rings (SSSR count). The molecule has 0 aliphatic heterocycles. The highest BCUT2D eigenvalue weighted by Crippen LogP contribution is 2.30. The van der Waals surface area contributed by atoms with Crippen molar-refractivity contribution in [3.63, 3.8) is 0 Å². The van der Waals surface area contributed by atoms with E-state index in [0.29, 0.717) is 17.2 Å². The Labute approximate surface area is 170 Å². The molecule has 0 amide bonds. The van der Waals surface area contributed by atoms with E-state index in [0.717, 1.165) is 23.9 Å². The topological polar surface area (TPSA) is 113 Å². The molecule has 0 aromatic carbocycles. The fraction of sp³-hybridized carbons (Fsp3) is 0.316. The van der Waals surface area contributed by atoms with Crippen molar-refractivity contribution in [2.75, 3.05) is 5.32 Å². The Bertz CT molecular complexity index is 1070. The Morgan fingerprint density at radius 3 is 2.70 bits per heavy atom. The maximum atomic E-state index is 12.9. The van der Waals surface area contributed by atoms with Crippen molar-refractivity contribution in [3.8, 4) is 17.5 Å². The first kappa shape index (κ1) is 21.2. The van der Waals surface area contributed by atoms with Crippen LogP contribution in [0.15, 0.2) is 36.7 Å². The molecule has 2 atom stereocenters. The van der Waals surface area contributed by atoms with Crippen molar-refractivity contribution in [1.29, 1.82) is 5.26 Å². The number of aryl methyl sites for hydroxylation is 1. The van der Waals surface area contributed by atoms with Gasteiger partial charge in [-0.1, -0.05) is 5.21 Å². The first-order valence-corrected chi connectivity index (χ1v) is 8.93. The highest BCUT2D eigenvalue weighted by atomic mass is 19.4. The van der Waals surface area contributed by atoms with Crippen molar-refractivity contribution in [3.05, 3.63) is 47.8 Å². The van der Waals surface area contributed by atoms with E-state index in [4.69, 9.17) is 5.26 Å². The minimum absolute atomic E-state index is 0.00535. The average Bonchev–Trinajstić information content (AvgIpc) is 3.17. The molecule has 0 fully saturated rings. The summed E-state index contributed by atoms with van der Waals surface area (Å²) < 4.78 is 40.1. The molecule has 0 bridgehead atoms. The van der Waals surface area contributed by atoms with Crippen molar-refractivity contribution < 1.29 is 18.3 Å². The number of anilines is 2. The Morgan fingerprint density at radius 2 is 2.00 bits per heavy atom. The number of pyridine rings is 2. The Balaban J connectivity index is 1.86. The summed E-state index contributed by atoms with van der Waals surface area (Å²) in [6.07, 6.45) is -2.77. The number of hydrogen-bond donors (Lipinski definition) is 2. The molecule has 0 saturated heterocycles. The third-order valence-corrected chi connectivity index (χ3v) is 4.36. The minimum atomic E-state index is -4.48. The highest BCUT2D eigenvalue weighted by Gasteiger charge is 2.30. The van der Waals surface area contributed by atoms with Gasteiger partial charge in [-0.2, -0.15) is 18.4 Å². The number of aliphatic hydroxyl groups excluding tert-OH is 1. The summed E-state index contributed by atoms with van der Waals surface area (Å²) in [5.74, 6) is 0.301. The SMILES string of the molecule is Cc1cc(Nc2cc(C(F)(F)F)ccn2)nc(-c2cn(C(C)C(O)CC#N)nn2)c1. The van der Waals surface area contributed by atoms with Crippen LogP contribution in [-0.2, 0) is 6.18 Å². The van der Waals surface area contributed by atoms with E-state index in [1.807, 2.05) is 6.07 Å². The third kappa shape index (κ3) is 4.90. The predicted molar refractivity (Wildman–Crippen MR) is 101 cm³/mol. The Hall–Kier alpha value is -3.52. The third-order valence-electron chi connectivity index (χ3n) is 4.36. The zero-order valence-electron chi connectivity index (χ0n) is 16.1. The van der Waals surface area contributed by atoms with E-state index in [1.54, 1.807) is 32.2 Å². The van der Waals surface area contributed by atoms with Crippen LogP contribution in [-0.4, -0.2) is 36.2 Å². The van der Waals surface area contributed by atoms with Crippen LogP contribution in [0.1, 0.15) is 30.5 Å². The van der Waals surface area contributed by atoms with Gasteiger partial charge in [-0.15, -0.1) is 5.10 Å². The fourth-order valence-corrected chi connectivity index (χ4v) is 2.70. The molecule has 0 saturated carbocycles. The lowest BCUT2D eigenvalue weighted by Gasteiger charge is -2.15. The number of nitrogens with zero attached hydrogens (tertiary/aromatic N) is 6. The van der Waals surface area contributed by atoms with Gasteiger partial charge in [0.2, 0.25) is 0 Å². The molecule has 3 aromatic heterocycles. The van der Waals surface area contributed by atoms with Crippen LogP contribution in [0.25, 0.3) is 11.4 Å². The molecule has 30 heavy (non-hydrogen) atoms. The van der Waals surface area contributed by atoms with Crippen LogP contribution < -0.4 is 5.32 Å². The number of nitriles is 1. The monoisotopic (exact) mass is 417 g/mol. The molecule has 8 nitrogen and oxygen atoms in total. The van der Waals surface area contributed by atoms with E-state index >= 15 is 0 Å². The molecular formula is C19H18F3N7O. The summed E-state index contributed by atoms with van der Waals surface area (Å²) >= 11 is 0. The van der Waals surface area contributed by atoms with Crippen molar-refractivity contribution in [1.82, 2.24) is 25.0 Å². The molecule has 11 heteroatoms. The Morgan fingerprint density at radius 1 is 1.23 bits per heavy atom. The number of aliphatic hydroxyl groups is 1. The van der Waals surface area contributed by atoms with Gasteiger partial charge >= 0.3 is 6.18 Å². The Kier molecular flexibility index (Phi) is 5.98. The molecule has 2 unspecified atom stereocenters. The second-order valence-electron chi connectivity index (χ2n) is 6.72. The second-order valence-corrected chi connectivity index (χ2v) is 6.72. The molecular weight excluding hydrogens is 399 g/mol. The van der Waals surface area contributed by atoms with Gasteiger partial charge in [0.05, 0.1) is 42.1 Å². The van der Waals surface area contributed by atoms with Crippen molar-refractivity contribution >= 4 is 11.6 Å². The predicted octanol–water partition coefficient (Wildman–Crippen LogP) is 3.64. The van der Waals surface area contributed by atoms with Gasteiger partial charge in [-0.05, 0) is 43.7 Å². The molecule has 0 spiro atoms. The van der Waals surface area contributed by atoms with Crippen LogP contribution in [0, 0.1) is 18.3 Å². The van der Waals surface area contributed by atoms with E-state index in [1.165, 1.54) is 4.68 Å². The van der Waals surface area contributed by atoms with E-state index in [2.05, 4.69) is 25.6 Å². The number of alkyl halides is 3. The van der Waals surface area contributed by atoms with Crippen LogP contribution in [0.3, 0.4) is 0 Å². The van der Waals surface area contributed by atoms with Crippen molar-refractivity contribution in [2.24, 2.45) is 0 Å². The van der Waals surface area contributed by atoms with Crippen LogP contribution in [0.5, 0.6) is 0 Å². The number of halogens is 3. The summed E-state index contributed by atoms with van der Waals surface area (Å²) in [5.41, 5.74) is 0.829. The maximum absolute atomic E-state index is 12.9. The zero-order chi connectivity index (χ0) is 21.9. The van der Waals surface area contributed by atoms with Gasteiger partial charge in [0.25, 0.3) is 0 Å². The quantitative estimate of drug-likeness (QED) is 0.630. The van der Waals surface area contributed by atoms with Gasteiger partial charge in [-0.3, -0.25) is 0 Å². The highest BCUT2D eigenvalue weighted by molar-refractivity contribution is 5.61. The lowest BCUT2D eigenvalue weighted by molar-refractivity contribution is -0.137. The summed E-state index contributed by atoms with van der Waals surface area (Å²) in [6.45, 7) is 3.51. The molecule has 3 heterocycles. The van der Waals surface area contributed by atoms with E-state index in [9.17, 15) is 18.3 Å². The molecule has 3 aromatic rings. The van der Waals surface area contributed by atoms with Crippen LogP contribution in [0.2, 0.25) is 0 Å². The number of nitrogens with one attached hydrogen (secondary N) is 1. The molecule has 0 radical (unpaired) electrons. The van der Waals surface area contributed by atoms with Gasteiger partial charge in [0.1, 0.15) is 17.3 Å². The number of rotatable bonds is 6. The van der Waals surface area contributed by atoms with Gasteiger partial charge in [-0.25, -0.2) is 14.6 Å². The minimum Gasteiger partial charge on any atom is -0.390 e. The number of hydrogen-bond acceptors (Lipinski definition) is 7. The van der Waals surface area contributed by atoms with E-state index < -0.39 is 23.9 Å². The molecule has 156 valence electrons. The lowest BCUT2D eigenvalue weighted by atomic mass is 10.1. The lowest BCUT2D eigenvalue weighted by Crippen LogP contribution is -2.21. The summed E-state index contributed by atoms with van der Waals surface area (Å²) in [4.78, 5) is 8.29. The standard InChI is InChI=1S/C19H18F3N7O/c1-11-7-14(15-10-29(28-27-15)12(2)16(30)3-5-23)25-18(8-11)26-17-9-13(4-6-24-17)19(20,21)22/h4,6-10,12,16,30H,3H2,1-2H3,(H,24,25,26). The summed E-state index contributed by atoms with van der Waals surface area (Å²) in [5, 5.41) is 29.5. The second kappa shape index (κ2) is 8.46. The van der Waals surface area contributed by atoms with Crippen molar-refractivity contribution in [2.45, 2.75) is 38.6 Å². The summed E-state index contributed by atoms with van der Waals surface area (Å²) in [7, 11) is 0. The van der Waals surface area contributed by atoms with Gasteiger partial charge in [0.15, 0.2) is 0 Å². The molecule has 0 aliphatic rings. The summed E-state index contributed by atoms with van der Waals surface area (Å²) in [6, 6.07) is 6.63. The zero-order valence-corrected chi connectivity index (χ0v) is 16.1. The average molecular weight is 417 g/mol. The van der Waals surface area contributed by atoms with E-state index in [-0.39, 0.29) is 12.2 Å². The van der Waals surface area contributed by atoms with Crippen LogP contribution >= 0.6 is 0 Å². The first-order chi connectivity index (χ1) is 14.2. The fourth-order valence-electron chi connectivity index (χ4n) is 2.70. The van der Waals surface area contributed by atoms with Crippen LogP contribution in [0.4, 0.5) is 24.8 Å². The smallest absolute Gasteiger partial charge is 0.390 e.